The quantitative estimate of drug-likeness (QED) is 0.883. The summed E-state index contributed by atoms with van der Waals surface area (Å²) in [6, 6.07) is 5.60. The zero-order chi connectivity index (χ0) is 15.2. The summed E-state index contributed by atoms with van der Waals surface area (Å²) in [5, 5.41) is 10.4. The molecule has 0 saturated heterocycles. The number of ether oxygens (including phenoxy) is 1. The van der Waals surface area contributed by atoms with E-state index < -0.39 is 0 Å². The van der Waals surface area contributed by atoms with Gasteiger partial charge in [-0.1, -0.05) is 13.3 Å². The van der Waals surface area contributed by atoms with Crippen LogP contribution in [0.3, 0.4) is 0 Å². The number of anilines is 1. The van der Waals surface area contributed by atoms with Crippen molar-refractivity contribution in [2.45, 2.75) is 33.1 Å². The van der Waals surface area contributed by atoms with Crippen LogP contribution in [0.2, 0.25) is 0 Å². The minimum absolute atomic E-state index is 0.0834. The predicted molar refractivity (Wildman–Crippen MR) is 79.2 cm³/mol. The molecule has 1 amide bonds. The Kier molecular flexibility index (Phi) is 4.92. The number of hydrogen-bond donors (Lipinski definition) is 1. The summed E-state index contributed by atoms with van der Waals surface area (Å²) >= 11 is 0. The third-order valence-electron chi connectivity index (χ3n) is 3.19. The maximum absolute atomic E-state index is 11.8. The smallest absolute Gasteiger partial charge is 0.225 e. The van der Waals surface area contributed by atoms with Crippen LogP contribution in [0.15, 0.2) is 22.8 Å². The summed E-state index contributed by atoms with van der Waals surface area (Å²) in [6.07, 6.45) is 2.27. The minimum atomic E-state index is -0.0834. The Hall–Kier alpha value is -2.37. The number of aryl methyl sites for hydroxylation is 1. The standard InChI is InChI=1S/C15H19N3O3/c1-4-5-6-13(19)16-15-14(17-21-18-15)12-8-7-11(20-3)9-10(12)2/h7-9H,4-6H2,1-3H3,(H,16,18,19). The molecule has 1 heterocycles. The van der Waals surface area contributed by atoms with Crippen LogP contribution in [0.25, 0.3) is 11.3 Å². The van der Waals surface area contributed by atoms with Crippen LogP contribution in [0, 0.1) is 6.92 Å². The number of nitrogens with zero attached hydrogens (tertiary/aromatic N) is 2. The van der Waals surface area contributed by atoms with E-state index in [0.29, 0.717) is 17.9 Å². The number of nitrogens with one attached hydrogen (secondary N) is 1. The number of methoxy groups -OCH3 is 1. The van der Waals surface area contributed by atoms with E-state index in [-0.39, 0.29) is 5.91 Å². The molecule has 0 radical (unpaired) electrons. The summed E-state index contributed by atoms with van der Waals surface area (Å²) in [4.78, 5) is 11.8. The molecule has 2 rings (SSSR count). The Balaban J connectivity index is 2.22. The maximum Gasteiger partial charge on any atom is 0.225 e. The summed E-state index contributed by atoms with van der Waals surface area (Å²) in [7, 11) is 1.62. The van der Waals surface area contributed by atoms with Gasteiger partial charge in [0.1, 0.15) is 5.75 Å². The van der Waals surface area contributed by atoms with Crippen LogP contribution in [0.4, 0.5) is 5.82 Å². The van der Waals surface area contributed by atoms with Gasteiger partial charge in [-0.3, -0.25) is 4.79 Å². The van der Waals surface area contributed by atoms with E-state index >= 15 is 0 Å². The number of hydrogen-bond acceptors (Lipinski definition) is 5. The van der Waals surface area contributed by atoms with E-state index in [4.69, 9.17) is 9.37 Å². The van der Waals surface area contributed by atoms with Gasteiger partial charge in [-0.15, -0.1) is 0 Å². The van der Waals surface area contributed by atoms with E-state index in [1.165, 1.54) is 0 Å². The van der Waals surface area contributed by atoms with Gasteiger partial charge in [0.05, 0.1) is 7.11 Å². The zero-order valence-electron chi connectivity index (χ0n) is 12.5. The molecule has 1 aromatic heterocycles. The lowest BCUT2D eigenvalue weighted by Gasteiger charge is -2.07. The molecule has 0 unspecified atom stereocenters. The second-order valence-electron chi connectivity index (χ2n) is 4.79. The highest BCUT2D eigenvalue weighted by Crippen LogP contribution is 2.29. The average Bonchev–Trinajstić information content (AvgIpc) is 2.92. The van der Waals surface area contributed by atoms with Crippen molar-refractivity contribution in [2.24, 2.45) is 0 Å². The fourth-order valence-corrected chi connectivity index (χ4v) is 2.01. The van der Waals surface area contributed by atoms with Crippen LogP contribution >= 0.6 is 0 Å². The molecule has 6 nitrogen and oxygen atoms in total. The van der Waals surface area contributed by atoms with Crippen LogP contribution in [-0.4, -0.2) is 23.3 Å². The van der Waals surface area contributed by atoms with Crippen molar-refractivity contribution in [3.05, 3.63) is 23.8 Å². The molecule has 1 aromatic carbocycles. The lowest BCUT2D eigenvalue weighted by Crippen LogP contribution is -2.12. The molecule has 6 heteroatoms. The number of amides is 1. The molecule has 0 bridgehead atoms. The largest absolute Gasteiger partial charge is 0.497 e. The Morgan fingerprint density at radius 3 is 2.86 bits per heavy atom. The number of aromatic nitrogens is 2. The van der Waals surface area contributed by atoms with Gasteiger partial charge < -0.3 is 10.1 Å². The van der Waals surface area contributed by atoms with E-state index in [2.05, 4.69) is 15.6 Å². The first-order valence-corrected chi connectivity index (χ1v) is 6.93. The molecule has 0 aliphatic carbocycles. The molecule has 0 atom stereocenters. The van der Waals surface area contributed by atoms with Crippen molar-refractivity contribution in [2.75, 3.05) is 12.4 Å². The number of rotatable bonds is 6. The number of unbranched alkanes of at least 4 members (excludes halogenated alkanes) is 1. The SMILES string of the molecule is CCCCC(=O)Nc1nonc1-c1ccc(OC)cc1C. The van der Waals surface area contributed by atoms with Crippen LogP contribution < -0.4 is 10.1 Å². The lowest BCUT2D eigenvalue weighted by atomic mass is 10.1. The molecule has 112 valence electrons. The van der Waals surface area contributed by atoms with E-state index in [0.717, 1.165) is 29.7 Å². The third kappa shape index (κ3) is 3.59. The molecule has 0 aliphatic heterocycles. The molecule has 1 N–H and O–H groups in total. The topological polar surface area (TPSA) is 77.3 Å². The summed E-state index contributed by atoms with van der Waals surface area (Å²) in [5.74, 6) is 1.03. The molecule has 2 aromatic rings. The lowest BCUT2D eigenvalue weighted by molar-refractivity contribution is -0.116. The number of benzene rings is 1. The van der Waals surface area contributed by atoms with E-state index in [1.54, 1.807) is 7.11 Å². The van der Waals surface area contributed by atoms with Gasteiger partial charge in [-0.25, -0.2) is 4.63 Å². The molecular formula is C15H19N3O3. The summed E-state index contributed by atoms with van der Waals surface area (Å²) in [6.45, 7) is 3.98. The minimum Gasteiger partial charge on any atom is -0.497 e. The van der Waals surface area contributed by atoms with Gasteiger partial charge in [-0.05, 0) is 47.4 Å². The van der Waals surface area contributed by atoms with Gasteiger partial charge in [0.25, 0.3) is 0 Å². The van der Waals surface area contributed by atoms with Crippen molar-refractivity contribution >= 4 is 11.7 Å². The summed E-state index contributed by atoms with van der Waals surface area (Å²) in [5.41, 5.74) is 2.34. The first kappa shape index (κ1) is 15.0. The summed E-state index contributed by atoms with van der Waals surface area (Å²) < 4.78 is 9.95. The first-order chi connectivity index (χ1) is 10.2. The number of carbonyl (C=O) groups excluding carboxylic acids is 1. The van der Waals surface area contributed by atoms with Gasteiger partial charge in [-0.2, -0.15) is 0 Å². The van der Waals surface area contributed by atoms with Crippen LogP contribution in [0.5, 0.6) is 5.75 Å². The van der Waals surface area contributed by atoms with Crippen molar-refractivity contribution in [3.63, 3.8) is 0 Å². The average molecular weight is 289 g/mol. The second-order valence-corrected chi connectivity index (χ2v) is 4.79. The van der Waals surface area contributed by atoms with Crippen LogP contribution in [0.1, 0.15) is 31.7 Å². The molecule has 0 aliphatic rings. The molecule has 0 spiro atoms. The van der Waals surface area contributed by atoms with Crippen molar-refractivity contribution in [1.29, 1.82) is 0 Å². The van der Waals surface area contributed by atoms with E-state index in [1.807, 2.05) is 32.0 Å². The monoisotopic (exact) mass is 289 g/mol. The van der Waals surface area contributed by atoms with Gasteiger partial charge in [0.2, 0.25) is 11.7 Å². The number of carbonyl (C=O) groups is 1. The fraction of sp³-hybridized carbons (Fsp3) is 0.400. The Bertz CT molecular complexity index is 622. The molecule has 21 heavy (non-hydrogen) atoms. The van der Waals surface area contributed by atoms with Crippen molar-refractivity contribution in [1.82, 2.24) is 10.3 Å². The van der Waals surface area contributed by atoms with E-state index in [9.17, 15) is 4.79 Å². The second kappa shape index (κ2) is 6.88. The highest BCUT2D eigenvalue weighted by Gasteiger charge is 2.16. The molecular weight excluding hydrogens is 270 g/mol. The highest BCUT2D eigenvalue weighted by atomic mass is 16.6. The Labute approximate surface area is 123 Å². The third-order valence-corrected chi connectivity index (χ3v) is 3.19. The predicted octanol–water partition coefficient (Wildman–Crippen LogP) is 3.18. The maximum atomic E-state index is 11.8. The molecule has 0 fully saturated rings. The zero-order valence-corrected chi connectivity index (χ0v) is 12.5. The van der Waals surface area contributed by atoms with Crippen LogP contribution in [-0.2, 0) is 4.79 Å². The Morgan fingerprint density at radius 2 is 2.19 bits per heavy atom. The normalized spacial score (nSPS) is 10.4. The fourth-order valence-electron chi connectivity index (χ4n) is 2.01. The Morgan fingerprint density at radius 1 is 1.38 bits per heavy atom. The van der Waals surface area contributed by atoms with Crippen molar-refractivity contribution < 1.29 is 14.2 Å². The van der Waals surface area contributed by atoms with Gasteiger partial charge in [0, 0.05) is 12.0 Å². The van der Waals surface area contributed by atoms with Crippen molar-refractivity contribution in [3.8, 4) is 17.0 Å². The molecule has 0 saturated carbocycles. The first-order valence-electron chi connectivity index (χ1n) is 6.93. The van der Waals surface area contributed by atoms with Gasteiger partial charge in [0.15, 0.2) is 5.69 Å². The highest BCUT2D eigenvalue weighted by molar-refractivity contribution is 5.93. The van der Waals surface area contributed by atoms with Gasteiger partial charge >= 0.3 is 0 Å².